The molecule has 1 aliphatic heterocycles. The molecule has 2 aromatic heterocycles. The Morgan fingerprint density at radius 1 is 0.964 bits per heavy atom. The maximum absolute atomic E-state index is 13.5. The lowest BCUT2D eigenvalue weighted by atomic mass is 9.98. The maximum Gasteiger partial charge on any atom is 0.291 e. The first-order valence-corrected chi connectivity index (χ1v) is 8.78. The molecule has 28 heavy (non-hydrogen) atoms. The molecule has 0 radical (unpaired) electrons. The monoisotopic (exact) mass is 375 g/mol. The van der Waals surface area contributed by atoms with Gasteiger partial charge in [-0.3, -0.25) is 9.59 Å². The highest BCUT2D eigenvalue weighted by Gasteiger charge is 2.43. The zero-order valence-corrected chi connectivity index (χ0v) is 14.6. The van der Waals surface area contributed by atoms with Crippen molar-refractivity contribution in [3.05, 3.63) is 106 Å². The molecule has 0 saturated carbocycles. The van der Waals surface area contributed by atoms with E-state index in [-0.39, 0.29) is 23.3 Å². The summed E-state index contributed by atoms with van der Waals surface area (Å²) in [5, 5.41) is 0.404. The molecular formula is C22H14FNO4. The van der Waals surface area contributed by atoms with Gasteiger partial charge in [0, 0.05) is 0 Å². The van der Waals surface area contributed by atoms with Crippen molar-refractivity contribution in [1.29, 1.82) is 0 Å². The molecule has 1 unspecified atom stereocenters. The fraction of sp³-hybridized carbons (Fsp3) is 0.0909. The van der Waals surface area contributed by atoms with Gasteiger partial charge in [0.05, 0.1) is 29.8 Å². The average Bonchev–Trinajstić information content (AvgIpc) is 3.31. The number of amides is 1. The average molecular weight is 375 g/mol. The minimum Gasteiger partial charge on any atom is -0.467 e. The van der Waals surface area contributed by atoms with Crippen molar-refractivity contribution in [2.75, 3.05) is 0 Å². The van der Waals surface area contributed by atoms with E-state index in [0.29, 0.717) is 22.3 Å². The third kappa shape index (κ3) is 2.45. The van der Waals surface area contributed by atoms with Crippen molar-refractivity contribution in [2.24, 2.45) is 0 Å². The quantitative estimate of drug-likeness (QED) is 0.536. The molecule has 1 atom stereocenters. The predicted octanol–water partition coefficient (Wildman–Crippen LogP) is 4.27. The van der Waals surface area contributed by atoms with Crippen LogP contribution in [0.3, 0.4) is 0 Å². The molecule has 1 aliphatic rings. The highest BCUT2D eigenvalue weighted by Crippen LogP contribution is 2.39. The van der Waals surface area contributed by atoms with Gasteiger partial charge in [-0.15, -0.1) is 0 Å². The number of nitrogens with zero attached hydrogens (tertiary/aromatic N) is 1. The number of rotatable bonds is 3. The summed E-state index contributed by atoms with van der Waals surface area (Å²) in [4.78, 5) is 27.9. The number of halogens is 1. The Balaban J connectivity index is 1.75. The first kappa shape index (κ1) is 16.5. The summed E-state index contributed by atoms with van der Waals surface area (Å²) < 4.78 is 24.7. The molecule has 1 amide bonds. The Morgan fingerprint density at radius 2 is 1.75 bits per heavy atom. The minimum absolute atomic E-state index is 0.0181. The van der Waals surface area contributed by atoms with E-state index in [9.17, 15) is 14.0 Å². The number of furan rings is 1. The number of hydrogen-bond acceptors (Lipinski definition) is 4. The van der Waals surface area contributed by atoms with Gasteiger partial charge in [-0.1, -0.05) is 24.3 Å². The summed E-state index contributed by atoms with van der Waals surface area (Å²) in [6.45, 7) is 0.161. The lowest BCUT2D eigenvalue weighted by molar-refractivity contribution is 0.0701. The van der Waals surface area contributed by atoms with Crippen LogP contribution < -0.4 is 5.43 Å². The Hall–Kier alpha value is -3.67. The molecule has 0 saturated heterocycles. The van der Waals surface area contributed by atoms with Crippen molar-refractivity contribution in [2.45, 2.75) is 12.6 Å². The Labute approximate surface area is 158 Å². The molecule has 5 nitrogen and oxygen atoms in total. The second kappa shape index (κ2) is 6.20. The van der Waals surface area contributed by atoms with Gasteiger partial charge < -0.3 is 13.7 Å². The predicted molar refractivity (Wildman–Crippen MR) is 99.3 cm³/mol. The van der Waals surface area contributed by atoms with Crippen LogP contribution in [0, 0.1) is 5.82 Å². The van der Waals surface area contributed by atoms with Crippen LogP contribution in [0.25, 0.3) is 11.0 Å². The van der Waals surface area contributed by atoms with E-state index in [2.05, 4.69) is 0 Å². The van der Waals surface area contributed by atoms with Gasteiger partial charge in [-0.2, -0.15) is 0 Å². The van der Waals surface area contributed by atoms with E-state index >= 15 is 0 Å². The first-order chi connectivity index (χ1) is 13.6. The smallest absolute Gasteiger partial charge is 0.291 e. The van der Waals surface area contributed by atoms with Gasteiger partial charge in [-0.05, 0) is 42.0 Å². The summed E-state index contributed by atoms with van der Waals surface area (Å²) in [5.41, 5.74) is 0.989. The second-order valence-electron chi connectivity index (χ2n) is 6.64. The van der Waals surface area contributed by atoms with Gasteiger partial charge in [0.15, 0.2) is 5.43 Å². The van der Waals surface area contributed by atoms with Crippen molar-refractivity contribution in [3.8, 4) is 0 Å². The molecule has 0 aliphatic carbocycles. The van der Waals surface area contributed by atoms with Gasteiger partial charge in [0.2, 0.25) is 5.76 Å². The van der Waals surface area contributed by atoms with Gasteiger partial charge >= 0.3 is 0 Å². The van der Waals surface area contributed by atoms with Crippen LogP contribution in [-0.2, 0) is 6.54 Å². The van der Waals surface area contributed by atoms with Crippen LogP contribution in [-0.4, -0.2) is 10.8 Å². The first-order valence-electron chi connectivity index (χ1n) is 8.78. The van der Waals surface area contributed by atoms with Crippen molar-refractivity contribution < 1.29 is 18.0 Å². The van der Waals surface area contributed by atoms with Crippen LogP contribution in [0.2, 0.25) is 0 Å². The molecular weight excluding hydrogens is 361 g/mol. The Morgan fingerprint density at radius 3 is 2.50 bits per heavy atom. The third-order valence-electron chi connectivity index (χ3n) is 4.97. The zero-order valence-electron chi connectivity index (χ0n) is 14.6. The number of carbonyl (C=O) groups is 1. The highest BCUT2D eigenvalue weighted by atomic mass is 19.1. The number of fused-ring (bicyclic) bond motifs is 2. The molecule has 5 rings (SSSR count). The fourth-order valence-corrected chi connectivity index (χ4v) is 3.69. The molecule has 0 fully saturated rings. The second-order valence-corrected chi connectivity index (χ2v) is 6.64. The summed E-state index contributed by atoms with van der Waals surface area (Å²) in [7, 11) is 0. The summed E-state index contributed by atoms with van der Waals surface area (Å²) >= 11 is 0. The molecule has 0 bridgehead atoms. The summed E-state index contributed by atoms with van der Waals surface area (Å²) in [6, 6.07) is 15.4. The molecule has 138 valence electrons. The number of benzene rings is 2. The van der Waals surface area contributed by atoms with E-state index in [1.165, 1.54) is 23.3 Å². The van der Waals surface area contributed by atoms with E-state index in [4.69, 9.17) is 8.83 Å². The topological polar surface area (TPSA) is 63.7 Å². The molecule has 0 spiro atoms. The van der Waals surface area contributed by atoms with E-state index in [1.807, 2.05) is 0 Å². The number of para-hydroxylation sites is 1. The SMILES string of the molecule is O=C1c2oc3ccccc3c(=O)c2C(c2ccc(F)cc2)N1Cc1ccco1. The van der Waals surface area contributed by atoms with Crippen LogP contribution in [0.5, 0.6) is 0 Å². The van der Waals surface area contributed by atoms with Crippen molar-refractivity contribution in [3.63, 3.8) is 0 Å². The third-order valence-corrected chi connectivity index (χ3v) is 4.97. The van der Waals surface area contributed by atoms with Gasteiger partial charge in [-0.25, -0.2) is 4.39 Å². The molecule has 3 heterocycles. The standard InChI is InChI=1S/C22H14FNO4/c23-14-9-7-13(8-10-14)19-18-20(25)16-5-1-2-6-17(16)28-21(18)22(26)24(19)12-15-4-3-11-27-15/h1-11,19H,12H2. The van der Waals surface area contributed by atoms with Crippen molar-refractivity contribution in [1.82, 2.24) is 4.90 Å². The number of carbonyl (C=O) groups excluding carboxylic acids is 1. The molecule has 6 heteroatoms. The van der Waals surface area contributed by atoms with Crippen LogP contribution in [0.15, 0.2) is 80.6 Å². The highest BCUT2D eigenvalue weighted by molar-refractivity contribution is 5.99. The van der Waals surface area contributed by atoms with Crippen LogP contribution in [0.4, 0.5) is 4.39 Å². The van der Waals surface area contributed by atoms with Crippen molar-refractivity contribution >= 4 is 16.9 Å². The van der Waals surface area contributed by atoms with Crippen LogP contribution >= 0.6 is 0 Å². The van der Waals surface area contributed by atoms with Crippen LogP contribution in [0.1, 0.15) is 33.5 Å². The fourth-order valence-electron chi connectivity index (χ4n) is 3.69. The maximum atomic E-state index is 13.5. The van der Waals surface area contributed by atoms with E-state index in [1.54, 1.807) is 48.5 Å². The number of hydrogen-bond donors (Lipinski definition) is 0. The largest absolute Gasteiger partial charge is 0.467 e. The Kier molecular flexibility index (Phi) is 3.65. The lowest BCUT2D eigenvalue weighted by Crippen LogP contribution is -2.29. The summed E-state index contributed by atoms with van der Waals surface area (Å²) in [6.07, 6.45) is 1.52. The molecule has 4 aromatic rings. The van der Waals surface area contributed by atoms with Gasteiger partial charge in [0.1, 0.15) is 17.2 Å². The minimum atomic E-state index is -0.686. The molecule has 2 aromatic carbocycles. The summed E-state index contributed by atoms with van der Waals surface area (Å²) in [5.74, 6) is -0.199. The van der Waals surface area contributed by atoms with Gasteiger partial charge in [0.25, 0.3) is 5.91 Å². The Bertz CT molecular complexity index is 1240. The lowest BCUT2D eigenvalue weighted by Gasteiger charge is -2.24. The zero-order chi connectivity index (χ0) is 19.3. The normalized spacial score (nSPS) is 16.0. The van der Waals surface area contributed by atoms with E-state index < -0.39 is 17.8 Å². The van der Waals surface area contributed by atoms with E-state index in [0.717, 1.165) is 0 Å². The molecule has 0 N–H and O–H groups in total.